The molecule has 1 unspecified atom stereocenters. The highest BCUT2D eigenvalue weighted by atomic mass is 35.5. The second kappa shape index (κ2) is 12.4. The number of aromatic carboxylic acids is 1. The summed E-state index contributed by atoms with van der Waals surface area (Å²) < 4.78 is 41.2. The van der Waals surface area contributed by atoms with Crippen LogP contribution in [0.15, 0.2) is 48.5 Å². The van der Waals surface area contributed by atoms with Crippen molar-refractivity contribution in [1.82, 2.24) is 19.4 Å². The maximum absolute atomic E-state index is 14.1. The van der Waals surface area contributed by atoms with E-state index < -0.39 is 18.1 Å². The molecular weight excluding hydrogens is 554 g/mol. The molecule has 41 heavy (non-hydrogen) atoms. The second-order valence-electron chi connectivity index (χ2n) is 10.1. The van der Waals surface area contributed by atoms with Crippen LogP contribution >= 0.6 is 11.6 Å². The van der Waals surface area contributed by atoms with Gasteiger partial charge in [0.15, 0.2) is 5.75 Å². The number of alkyl halides is 1. The number of halogens is 3. The van der Waals surface area contributed by atoms with Crippen LogP contribution in [-0.4, -0.2) is 50.0 Å². The third-order valence-corrected chi connectivity index (χ3v) is 7.61. The van der Waals surface area contributed by atoms with Gasteiger partial charge in [-0.2, -0.15) is 0 Å². The van der Waals surface area contributed by atoms with E-state index in [4.69, 9.17) is 26.1 Å². The molecule has 0 bridgehead atoms. The van der Waals surface area contributed by atoms with Crippen molar-refractivity contribution in [2.45, 2.75) is 51.6 Å². The Labute approximate surface area is 241 Å². The molecule has 1 aliphatic rings. The summed E-state index contributed by atoms with van der Waals surface area (Å²) in [6, 6.07) is 13.0. The summed E-state index contributed by atoms with van der Waals surface area (Å²) in [5.41, 5.74) is 2.37. The maximum atomic E-state index is 14.1. The van der Waals surface area contributed by atoms with Crippen molar-refractivity contribution in [2.24, 2.45) is 7.05 Å². The predicted octanol–water partition coefficient (Wildman–Crippen LogP) is 6.50. The van der Waals surface area contributed by atoms with Crippen LogP contribution < -0.4 is 9.47 Å². The Morgan fingerprint density at radius 1 is 1.17 bits per heavy atom. The zero-order valence-electron chi connectivity index (χ0n) is 22.8. The largest absolute Gasteiger partial charge is 0.478 e. The number of piperidine rings is 1. The summed E-state index contributed by atoms with van der Waals surface area (Å²) in [5, 5.41) is 9.87. The minimum atomic E-state index is -1.55. The molecule has 1 fully saturated rings. The van der Waals surface area contributed by atoms with Gasteiger partial charge in [-0.15, -0.1) is 0 Å². The number of carbonyl (C=O) groups is 1. The van der Waals surface area contributed by atoms with Gasteiger partial charge >= 0.3 is 5.97 Å². The fraction of sp³-hybridized carbons (Fsp3) is 0.367. The highest BCUT2D eigenvalue weighted by molar-refractivity contribution is 6.30. The molecule has 2 aromatic heterocycles. The molecule has 1 saturated heterocycles. The number of ether oxygens (including phenoxy) is 2. The monoisotopic (exact) mass is 584 g/mol. The van der Waals surface area contributed by atoms with Crippen LogP contribution in [0.2, 0.25) is 5.02 Å². The van der Waals surface area contributed by atoms with E-state index in [1.165, 1.54) is 18.2 Å². The fourth-order valence-corrected chi connectivity index (χ4v) is 5.15. The summed E-state index contributed by atoms with van der Waals surface area (Å²) in [7, 11) is 1.82. The van der Waals surface area contributed by atoms with Crippen molar-refractivity contribution in [3.63, 3.8) is 0 Å². The quantitative estimate of drug-likeness (QED) is 0.227. The van der Waals surface area contributed by atoms with Crippen LogP contribution in [0.1, 0.15) is 59.5 Å². The van der Waals surface area contributed by atoms with Gasteiger partial charge in [0.1, 0.15) is 23.8 Å². The molecule has 1 aliphatic heterocycles. The molecule has 8 nitrogen and oxygen atoms in total. The molecule has 1 atom stereocenters. The van der Waals surface area contributed by atoms with E-state index in [1.54, 1.807) is 25.1 Å². The van der Waals surface area contributed by atoms with E-state index in [0.29, 0.717) is 34.0 Å². The normalized spacial score (nSPS) is 15.2. The highest BCUT2D eigenvalue weighted by Crippen LogP contribution is 2.32. The van der Waals surface area contributed by atoms with Crippen LogP contribution in [0.3, 0.4) is 0 Å². The molecule has 1 N–H and O–H groups in total. The van der Waals surface area contributed by atoms with E-state index in [0.717, 1.165) is 37.4 Å². The molecule has 4 aromatic rings. The van der Waals surface area contributed by atoms with Gasteiger partial charge in [-0.1, -0.05) is 30.7 Å². The van der Waals surface area contributed by atoms with Gasteiger partial charge < -0.3 is 19.1 Å². The summed E-state index contributed by atoms with van der Waals surface area (Å²) in [4.78, 5) is 23.3. The second-order valence-corrected chi connectivity index (χ2v) is 10.6. The molecule has 0 aliphatic carbocycles. The van der Waals surface area contributed by atoms with Crippen molar-refractivity contribution in [3.05, 3.63) is 82.0 Å². The Morgan fingerprint density at radius 3 is 2.66 bits per heavy atom. The number of aryl methyl sites for hydroxylation is 1. The molecule has 0 spiro atoms. The lowest BCUT2D eigenvalue weighted by Crippen LogP contribution is -2.33. The highest BCUT2D eigenvalue weighted by Gasteiger charge is 2.25. The van der Waals surface area contributed by atoms with E-state index in [-0.39, 0.29) is 30.3 Å². The van der Waals surface area contributed by atoms with Gasteiger partial charge in [-0.25, -0.2) is 23.5 Å². The summed E-state index contributed by atoms with van der Waals surface area (Å²) in [6.07, 6.45) is 0.342. The Hall–Kier alpha value is -3.76. The number of rotatable bonds is 10. The smallest absolute Gasteiger partial charge is 0.335 e. The zero-order valence-corrected chi connectivity index (χ0v) is 23.6. The van der Waals surface area contributed by atoms with Gasteiger partial charge in [-0.3, -0.25) is 4.90 Å². The van der Waals surface area contributed by atoms with Crippen LogP contribution in [0.25, 0.3) is 11.0 Å². The van der Waals surface area contributed by atoms with Gasteiger partial charge in [0.05, 0.1) is 17.6 Å². The molecule has 11 heteroatoms. The van der Waals surface area contributed by atoms with Gasteiger partial charge in [0, 0.05) is 41.7 Å². The van der Waals surface area contributed by atoms with E-state index in [1.807, 2.05) is 23.7 Å². The average Bonchev–Trinajstić information content (AvgIpc) is 3.28. The first-order valence-electron chi connectivity index (χ1n) is 13.5. The summed E-state index contributed by atoms with van der Waals surface area (Å²) in [6.45, 7) is 3.88. The van der Waals surface area contributed by atoms with Crippen LogP contribution in [-0.2, 0) is 20.2 Å². The zero-order chi connectivity index (χ0) is 29.1. The topological polar surface area (TPSA) is 89.7 Å². The Balaban J connectivity index is 1.24. The lowest BCUT2D eigenvalue weighted by atomic mass is 9.93. The number of carboxylic acid groups (broad SMARTS) is 1. The number of pyridine rings is 1. The minimum Gasteiger partial charge on any atom is -0.478 e. The minimum absolute atomic E-state index is 0.0168. The van der Waals surface area contributed by atoms with Crippen molar-refractivity contribution >= 4 is 28.6 Å². The molecule has 2 aromatic carbocycles. The molecule has 5 rings (SSSR count). The third-order valence-electron chi connectivity index (χ3n) is 7.37. The molecule has 0 amide bonds. The number of benzene rings is 2. The van der Waals surface area contributed by atoms with Crippen LogP contribution in [0.4, 0.5) is 8.78 Å². The van der Waals surface area contributed by atoms with Gasteiger partial charge in [-0.05, 0) is 56.3 Å². The molecule has 0 radical (unpaired) electrons. The Bertz CT molecular complexity index is 1560. The van der Waals surface area contributed by atoms with Crippen molar-refractivity contribution < 1.29 is 28.2 Å². The van der Waals surface area contributed by atoms with E-state index in [2.05, 4.69) is 9.88 Å². The van der Waals surface area contributed by atoms with Gasteiger partial charge in [0.2, 0.25) is 12.2 Å². The molecule has 0 saturated carbocycles. The van der Waals surface area contributed by atoms with Gasteiger partial charge in [0.25, 0.3) is 0 Å². The number of likely N-dealkylation sites (tertiary alicyclic amines) is 1. The summed E-state index contributed by atoms with van der Waals surface area (Å²) >= 11 is 5.83. The number of aromatic nitrogens is 3. The van der Waals surface area contributed by atoms with Crippen molar-refractivity contribution in [2.75, 3.05) is 13.1 Å². The van der Waals surface area contributed by atoms with Crippen molar-refractivity contribution in [3.8, 4) is 11.6 Å². The first-order valence-corrected chi connectivity index (χ1v) is 13.9. The maximum Gasteiger partial charge on any atom is 0.335 e. The fourth-order valence-electron chi connectivity index (χ4n) is 5.00. The molecule has 3 heterocycles. The Kier molecular flexibility index (Phi) is 8.70. The number of fused-ring (bicyclic) bond motifs is 1. The lowest BCUT2D eigenvalue weighted by Gasteiger charge is -2.31. The van der Waals surface area contributed by atoms with Crippen LogP contribution in [0, 0.1) is 5.82 Å². The van der Waals surface area contributed by atoms with E-state index in [9.17, 15) is 18.7 Å². The summed E-state index contributed by atoms with van der Waals surface area (Å²) in [5.74, 6) is 0.0176. The third kappa shape index (κ3) is 6.60. The standard InChI is InChI=1S/C30H31ClF2N4O4/c1-3-26(33)41-25-14-20(30(38)39)13-24-29(25)35-27(36(24)2)16-37-11-9-18(10-12-37)23-5-4-6-28(34-23)40-17-19-7-8-21(31)15-22(19)32/h4-8,13-15,18,26H,3,9-12,16-17H2,1-2H3,(H,38,39). The number of hydrogen-bond donors (Lipinski definition) is 1. The Morgan fingerprint density at radius 2 is 1.95 bits per heavy atom. The lowest BCUT2D eigenvalue weighted by molar-refractivity contribution is 0.0638. The molecular formula is C30H31ClF2N4O4. The number of carboxylic acids is 1. The number of hydrogen-bond acceptors (Lipinski definition) is 6. The average molecular weight is 585 g/mol. The molecule has 216 valence electrons. The van der Waals surface area contributed by atoms with Crippen molar-refractivity contribution in [1.29, 1.82) is 0 Å². The van der Waals surface area contributed by atoms with Crippen LogP contribution in [0.5, 0.6) is 11.6 Å². The number of imidazole rings is 1. The first kappa shape index (κ1) is 28.8. The number of nitrogens with zero attached hydrogens (tertiary/aromatic N) is 4. The predicted molar refractivity (Wildman–Crippen MR) is 151 cm³/mol. The first-order chi connectivity index (χ1) is 19.7. The SMILES string of the molecule is CCC(F)Oc1cc(C(=O)O)cc2c1nc(CN1CCC(c3cccc(OCc4ccc(Cl)cc4F)n3)CC1)n2C. The van der Waals surface area contributed by atoms with E-state index >= 15 is 0 Å².